The van der Waals surface area contributed by atoms with E-state index in [9.17, 15) is 0 Å². The third kappa shape index (κ3) is 1.81. The number of fused-ring (bicyclic) bond motifs is 2. The zero-order valence-corrected chi connectivity index (χ0v) is 10.9. The van der Waals surface area contributed by atoms with Crippen LogP contribution in [0, 0.1) is 0 Å². The van der Waals surface area contributed by atoms with E-state index < -0.39 is 0 Å². The zero-order valence-electron chi connectivity index (χ0n) is 10.9. The van der Waals surface area contributed by atoms with Crippen molar-refractivity contribution < 1.29 is 9.15 Å². The van der Waals surface area contributed by atoms with E-state index in [0.717, 1.165) is 41.8 Å². The van der Waals surface area contributed by atoms with E-state index in [1.54, 1.807) is 12.5 Å². The summed E-state index contributed by atoms with van der Waals surface area (Å²) in [6.45, 7) is 0.983. The summed E-state index contributed by atoms with van der Waals surface area (Å²) in [6.07, 6.45) is 5.59. The fraction of sp³-hybridized carbons (Fsp3) is 0.188. The van der Waals surface area contributed by atoms with E-state index in [1.165, 1.54) is 5.56 Å². The Morgan fingerprint density at radius 3 is 3.20 bits per heavy atom. The van der Waals surface area contributed by atoms with Crippen molar-refractivity contribution in [2.75, 3.05) is 11.9 Å². The molecule has 3 heterocycles. The van der Waals surface area contributed by atoms with E-state index >= 15 is 0 Å². The average molecular weight is 266 g/mol. The molecule has 0 unspecified atom stereocenters. The van der Waals surface area contributed by atoms with Crippen molar-refractivity contribution in [3.63, 3.8) is 0 Å². The quantitative estimate of drug-likeness (QED) is 0.762. The number of pyridine rings is 1. The van der Waals surface area contributed by atoms with Crippen molar-refractivity contribution in [1.29, 1.82) is 0 Å². The second kappa shape index (κ2) is 4.56. The highest BCUT2D eigenvalue weighted by molar-refractivity contribution is 5.82. The molecule has 0 spiro atoms. The molecule has 20 heavy (non-hydrogen) atoms. The van der Waals surface area contributed by atoms with Gasteiger partial charge in [-0.05, 0) is 36.6 Å². The Balaban J connectivity index is 1.78. The van der Waals surface area contributed by atoms with Crippen LogP contribution < -0.4 is 10.1 Å². The molecular formula is C16H14N2O2. The number of nitrogens with one attached hydrogen (secondary N) is 1. The van der Waals surface area contributed by atoms with Crippen LogP contribution in [0.15, 0.2) is 47.2 Å². The Kier molecular flexibility index (Phi) is 2.59. The fourth-order valence-corrected chi connectivity index (χ4v) is 2.62. The fourth-order valence-electron chi connectivity index (χ4n) is 2.62. The maximum atomic E-state index is 6.01. The summed E-state index contributed by atoms with van der Waals surface area (Å²) in [6, 6.07) is 9.84. The summed E-state index contributed by atoms with van der Waals surface area (Å²) in [4.78, 5) is 4.31. The molecule has 0 radical (unpaired) electrons. The smallest absolute Gasteiger partial charge is 0.230 e. The second-order valence-electron chi connectivity index (χ2n) is 4.87. The number of nitrogens with zero attached hydrogens (tertiary/aromatic N) is 1. The maximum absolute atomic E-state index is 6.01. The van der Waals surface area contributed by atoms with Crippen molar-refractivity contribution in [3.8, 4) is 11.6 Å². The lowest BCUT2D eigenvalue weighted by Crippen LogP contribution is -2.12. The molecule has 0 aliphatic carbocycles. The van der Waals surface area contributed by atoms with Crippen LogP contribution in [0.5, 0.6) is 11.6 Å². The standard InChI is InChI=1S/C16H14N2O2/c1-3-11-4-2-8-17-15(11)14(5-1)20-16-12-7-10-19-13(12)6-9-18-16/h1,3,5-7,9-10,17H,2,4,8H2. The van der Waals surface area contributed by atoms with Crippen LogP contribution in [-0.4, -0.2) is 11.5 Å². The summed E-state index contributed by atoms with van der Waals surface area (Å²) in [5.41, 5.74) is 3.17. The van der Waals surface area contributed by atoms with Crippen LogP contribution in [-0.2, 0) is 6.42 Å². The number of hydrogen-bond acceptors (Lipinski definition) is 4. The predicted molar refractivity (Wildman–Crippen MR) is 77.3 cm³/mol. The van der Waals surface area contributed by atoms with Gasteiger partial charge in [-0.1, -0.05) is 12.1 Å². The molecule has 1 aliphatic heterocycles. The van der Waals surface area contributed by atoms with Gasteiger partial charge in [0.15, 0.2) is 5.75 Å². The van der Waals surface area contributed by atoms with Crippen molar-refractivity contribution in [3.05, 3.63) is 48.4 Å². The molecule has 0 fully saturated rings. The Labute approximate surface area is 116 Å². The van der Waals surface area contributed by atoms with E-state index in [2.05, 4.69) is 16.4 Å². The second-order valence-corrected chi connectivity index (χ2v) is 4.87. The Morgan fingerprint density at radius 2 is 2.20 bits per heavy atom. The lowest BCUT2D eigenvalue weighted by Gasteiger charge is -2.20. The lowest BCUT2D eigenvalue weighted by molar-refractivity contribution is 0.469. The van der Waals surface area contributed by atoms with Gasteiger partial charge in [-0.25, -0.2) is 4.98 Å². The first-order chi connectivity index (χ1) is 9.92. The maximum Gasteiger partial charge on any atom is 0.230 e. The lowest BCUT2D eigenvalue weighted by atomic mass is 10.0. The van der Waals surface area contributed by atoms with Crippen molar-refractivity contribution in [2.24, 2.45) is 0 Å². The molecule has 1 N–H and O–H groups in total. The molecule has 0 saturated heterocycles. The monoisotopic (exact) mass is 266 g/mol. The van der Waals surface area contributed by atoms with E-state index in [-0.39, 0.29) is 0 Å². The number of anilines is 1. The molecular weight excluding hydrogens is 252 g/mol. The van der Waals surface area contributed by atoms with Crippen molar-refractivity contribution in [1.82, 2.24) is 4.98 Å². The number of hydrogen-bond donors (Lipinski definition) is 1. The largest absolute Gasteiger partial charge is 0.464 e. The van der Waals surface area contributed by atoms with Gasteiger partial charge in [-0.15, -0.1) is 0 Å². The zero-order chi connectivity index (χ0) is 13.4. The van der Waals surface area contributed by atoms with Gasteiger partial charge < -0.3 is 14.5 Å². The van der Waals surface area contributed by atoms with Crippen LogP contribution in [0.1, 0.15) is 12.0 Å². The number of rotatable bonds is 2. The van der Waals surface area contributed by atoms with Gasteiger partial charge in [-0.3, -0.25) is 0 Å². The van der Waals surface area contributed by atoms with E-state index in [0.29, 0.717) is 5.88 Å². The van der Waals surface area contributed by atoms with Gasteiger partial charge in [0.05, 0.1) is 17.3 Å². The minimum absolute atomic E-state index is 0.581. The number of ether oxygens (including phenoxy) is 1. The van der Waals surface area contributed by atoms with E-state index in [1.807, 2.05) is 24.3 Å². The number of benzene rings is 1. The molecule has 2 aromatic heterocycles. The molecule has 0 atom stereocenters. The number of aryl methyl sites for hydroxylation is 1. The van der Waals surface area contributed by atoms with Crippen LogP contribution in [0.3, 0.4) is 0 Å². The minimum Gasteiger partial charge on any atom is -0.464 e. The van der Waals surface area contributed by atoms with Gasteiger partial charge in [0.1, 0.15) is 5.58 Å². The van der Waals surface area contributed by atoms with E-state index in [4.69, 9.17) is 9.15 Å². The predicted octanol–water partition coefficient (Wildman–Crippen LogP) is 3.98. The van der Waals surface area contributed by atoms with Gasteiger partial charge >= 0.3 is 0 Å². The van der Waals surface area contributed by atoms with Gasteiger partial charge in [0.25, 0.3) is 0 Å². The van der Waals surface area contributed by atoms with Crippen LogP contribution >= 0.6 is 0 Å². The summed E-state index contributed by atoms with van der Waals surface area (Å²) in [5, 5.41) is 4.31. The highest BCUT2D eigenvalue weighted by Gasteiger charge is 2.15. The molecule has 0 amide bonds. The first kappa shape index (κ1) is 11.3. The molecule has 4 rings (SSSR count). The van der Waals surface area contributed by atoms with Crippen LogP contribution in [0.25, 0.3) is 11.0 Å². The number of para-hydroxylation sites is 1. The summed E-state index contributed by atoms with van der Waals surface area (Å²) in [5.74, 6) is 1.40. The molecule has 3 aromatic rings. The minimum atomic E-state index is 0.581. The first-order valence-corrected chi connectivity index (χ1v) is 6.78. The third-order valence-corrected chi connectivity index (χ3v) is 3.59. The molecule has 0 bridgehead atoms. The summed E-state index contributed by atoms with van der Waals surface area (Å²) >= 11 is 0. The first-order valence-electron chi connectivity index (χ1n) is 6.78. The normalized spacial score (nSPS) is 13.8. The SMILES string of the molecule is c1cc2c(c(Oc3nccc4occc34)c1)NCCC2. The summed E-state index contributed by atoms with van der Waals surface area (Å²) < 4.78 is 11.4. The average Bonchev–Trinajstić information content (AvgIpc) is 2.97. The number of aromatic nitrogens is 1. The molecule has 4 heteroatoms. The molecule has 4 nitrogen and oxygen atoms in total. The Hall–Kier alpha value is -2.49. The molecule has 0 saturated carbocycles. The third-order valence-electron chi connectivity index (χ3n) is 3.59. The molecule has 1 aliphatic rings. The van der Waals surface area contributed by atoms with Crippen LogP contribution in [0.2, 0.25) is 0 Å². The van der Waals surface area contributed by atoms with Crippen molar-refractivity contribution >= 4 is 16.7 Å². The van der Waals surface area contributed by atoms with Gasteiger partial charge in [0, 0.05) is 12.7 Å². The van der Waals surface area contributed by atoms with Crippen molar-refractivity contribution in [2.45, 2.75) is 12.8 Å². The van der Waals surface area contributed by atoms with Gasteiger partial charge in [-0.2, -0.15) is 0 Å². The van der Waals surface area contributed by atoms with Crippen LogP contribution in [0.4, 0.5) is 5.69 Å². The highest BCUT2D eigenvalue weighted by atomic mass is 16.5. The topological polar surface area (TPSA) is 47.3 Å². The Bertz CT molecular complexity index is 764. The highest BCUT2D eigenvalue weighted by Crippen LogP contribution is 2.36. The molecule has 1 aromatic carbocycles. The molecule has 100 valence electrons. The Morgan fingerprint density at radius 1 is 1.20 bits per heavy atom. The van der Waals surface area contributed by atoms with Gasteiger partial charge in [0.2, 0.25) is 5.88 Å². The number of furan rings is 1. The summed E-state index contributed by atoms with van der Waals surface area (Å²) in [7, 11) is 0.